The number of imide groups is 1. The van der Waals surface area contributed by atoms with Gasteiger partial charge < -0.3 is 5.32 Å². The minimum Gasteiger partial charge on any atom is -0.326 e. The zero-order valence-electron chi connectivity index (χ0n) is 10.5. The number of amides is 3. The van der Waals surface area contributed by atoms with Crippen LogP contribution in [-0.4, -0.2) is 30.7 Å². The summed E-state index contributed by atoms with van der Waals surface area (Å²) in [5.74, 6) is -0.953. The molecule has 1 aliphatic heterocycles. The number of carbonyl (C=O) groups is 3. The monoisotopic (exact) mass is 329 g/mol. The van der Waals surface area contributed by atoms with Crippen molar-refractivity contribution in [3.63, 3.8) is 0 Å². The second-order valence-electron chi connectivity index (χ2n) is 4.20. The maximum Gasteiger partial charge on any atom is 0.286 e. The van der Waals surface area contributed by atoms with Crippen molar-refractivity contribution in [3.8, 4) is 0 Å². The third kappa shape index (κ3) is 4.03. The Morgan fingerprint density at radius 3 is 2.38 bits per heavy atom. The molecular formula is C11H11N3O5S2. The van der Waals surface area contributed by atoms with Crippen molar-refractivity contribution in [2.45, 2.75) is 16.6 Å². The summed E-state index contributed by atoms with van der Waals surface area (Å²) in [4.78, 5) is 34.0. The minimum atomic E-state index is -3.79. The van der Waals surface area contributed by atoms with Gasteiger partial charge in [-0.2, -0.15) is 0 Å². The first-order chi connectivity index (χ1) is 9.75. The van der Waals surface area contributed by atoms with Gasteiger partial charge in [0.15, 0.2) is 0 Å². The Kier molecular flexibility index (Phi) is 4.30. The molecule has 1 aliphatic rings. The smallest absolute Gasteiger partial charge is 0.286 e. The largest absolute Gasteiger partial charge is 0.326 e. The minimum absolute atomic E-state index is 0.0724. The molecule has 0 radical (unpaired) electrons. The molecule has 3 amide bonds. The van der Waals surface area contributed by atoms with E-state index in [0.29, 0.717) is 5.69 Å². The Bertz CT molecular complexity index is 699. The standard InChI is InChI=1S/C11H11N3O5S2/c12-21(18,19)7-3-1-6(2-4-7)13-9(15)5-8-10(16)14-11(17)20-8/h1-4,8H,5H2,(H,13,15)(H2,12,18,19)(H,14,16,17). The Morgan fingerprint density at radius 2 is 1.90 bits per heavy atom. The SMILES string of the molecule is NS(=O)(=O)c1ccc(NC(=O)CC2SC(=O)NC2=O)cc1. The van der Waals surface area contributed by atoms with E-state index in [1.807, 2.05) is 0 Å². The lowest BCUT2D eigenvalue weighted by Crippen LogP contribution is -2.27. The highest BCUT2D eigenvalue weighted by atomic mass is 32.2. The van der Waals surface area contributed by atoms with E-state index in [1.165, 1.54) is 24.3 Å². The molecule has 0 saturated carbocycles. The Hall–Kier alpha value is -1.91. The van der Waals surface area contributed by atoms with Gasteiger partial charge >= 0.3 is 0 Å². The predicted octanol–water partition coefficient (Wildman–Crippen LogP) is 0.0142. The third-order valence-electron chi connectivity index (χ3n) is 2.60. The molecule has 8 nitrogen and oxygen atoms in total. The van der Waals surface area contributed by atoms with E-state index in [-0.39, 0.29) is 11.3 Å². The van der Waals surface area contributed by atoms with Gasteiger partial charge in [-0.05, 0) is 24.3 Å². The number of thioether (sulfide) groups is 1. The topological polar surface area (TPSA) is 135 Å². The number of hydrogen-bond donors (Lipinski definition) is 3. The molecular weight excluding hydrogens is 318 g/mol. The Morgan fingerprint density at radius 1 is 1.29 bits per heavy atom. The van der Waals surface area contributed by atoms with Crippen LogP contribution in [0.2, 0.25) is 0 Å². The highest BCUT2D eigenvalue weighted by molar-refractivity contribution is 8.15. The van der Waals surface area contributed by atoms with E-state index in [4.69, 9.17) is 5.14 Å². The summed E-state index contributed by atoms with van der Waals surface area (Å²) in [6, 6.07) is 5.27. The molecule has 1 atom stereocenters. The maximum atomic E-state index is 11.7. The van der Waals surface area contributed by atoms with Crippen LogP contribution in [-0.2, 0) is 19.6 Å². The van der Waals surface area contributed by atoms with Crippen molar-refractivity contribution in [2.24, 2.45) is 5.14 Å². The molecule has 0 bridgehead atoms. The summed E-state index contributed by atoms with van der Waals surface area (Å²) >= 11 is 0.762. The van der Waals surface area contributed by atoms with Gasteiger partial charge in [0.1, 0.15) is 5.25 Å². The second-order valence-corrected chi connectivity index (χ2v) is 6.94. The molecule has 1 unspecified atom stereocenters. The summed E-state index contributed by atoms with van der Waals surface area (Å²) in [7, 11) is -3.79. The second kappa shape index (κ2) is 5.84. The van der Waals surface area contributed by atoms with Crippen LogP contribution in [0.5, 0.6) is 0 Å². The molecule has 10 heteroatoms. The number of anilines is 1. The zero-order valence-corrected chi connectivity index (χ0v) is 12.2. The number of carbonyl (C=O) groups excluding carboxylic acids is 3. The van der Waals surface area contributed by atoms with E-state index in [1.54, 1.807) is 0 Å². The van der Waals surface area contributed by atoms with Gasteiger partial charge in [0, 0.05) is 12.1 Å². The van der Waals surface area contributed by atoms with E-state index in [9.17, 15) is 22.8 Å². The van der Waals surface area contributed by atoms with Crippen LogP contribution in [0.15, 0.2) is 29.2 Å². The molecule has 0 aliphatic carbocycles. The van der Waals surface area contributed by atoms with Gasteiger partial charge in [-0.1, -0.05) is 11.8 Å². The fraction of sp³-hybridized carbons (Fsp3) is 0.182. The van der Waals surface area contributed by atoms with Gasteiger partial charge in [-0.15, -0.1) is 0 Å². The lowest BCUT2D eigenvalue weighted by molar-refractivity contribution is -0.122. The summed E-state index contributed by atoms with van der Waals surface area (Å²) in [6.45, 7) is 0. The molecule has 2 rings (SSSR count). The fourth-order valence-corrected chi connectivity index (χ4v) is 2.97. The van der Waals surface area contributed by atoms with Crippen LogP contribution in [0.4, 0.5) is 10.5 Å². The van der Waals surface area contributed by atoms with Crippen molar-refractivity contribution in [1.82, 2.24) is 5.32 Å². The molecule has 1 saturated heterocycles. The quantitative estimate of drug-likeness (QED) is 0.712. The number of hydrogen-bond acceptors (Lipinski definition) is 6. The van der Waals surface area contributed by atoms with Crippen LogP contribution >= 0.6 is 11.8 Å². The van der Waals surface area contributed by atoms with Crippen molar-refractivity contribution in [3.05, 3.63) is 24.3 Å². The average Bonchev–Trinajstić information content (AvgIpc) is 2.67. The predicted molar refractivity (Wildman–Crippen MR) is 76.0 cm³/mol. The Balaban J connectivity index is 1.97. The zero-order chi connectivity index (χ0) is 15.6. The van der Waals surface area contributed by atoms with Crippen molar-refractivity contribution in [2.75, 3.05) is 5.32 Å². The van der Waals surface area contributed by atoms with Crippen LogP contribution in [0.3, 0.4) is 0 Å². The van der Waals surface area contributed by atoms with Crippen LogP contribution < -0.4 is 15.8 Å². The molecule has 112 valence electrons. The van der Waals surface area contributed by atoms with E-state index >= 15 is 0 Å². The molecule has 1 aromatic carbocycles. The van der Waals surface area contributed by atoms with Gasteiger partial charge in [0.2, 0.25) is 21.8 Å². The van der Waals surface area contributed by atoms with Gasteiger partial charge in [0.25, 0.3) is 5.24 Å². The molecule has 4 N–H and O–H groups in total. The number of sulfonamides is 1. The Labute approximate surface area is 124 Å². The summed E-state index contributed by atoms with van der Waals surface area (Å²) in [5.41, 5.74) is 0.363. The lowest BCUT2D eigenvalue weighted by atomic mass is 10.2. The third-order valence-corrected chi connectivity index (χ3v) is 4.52. The number of rotatable bonds is 4. The lowest BCUT2D eigenvalue weighted by Gasteiger charge is -2.07. The van der Waals surface area contributed by atoms with Crippen molar-refractivity contribution >= 4 is 44.5 Å². The number of nitrogens with one attached hydrogen (secondary N) is 2. The van der Waals surface area contributed by atoms with Gasteiger partial charge in [0.05, 0.1) is 4.90 Å². The van der Waals surface area contributed by atoms with Crippen LogP contribution in [0.25, 0.3) is 0 Å². The van der Waals surface area contributed by atoms with E-state index in [2.05, 4.69) is 10.6 Å². The molecule has 1 aromatic rings. The van der Waals surface area contributed by atoms with Gasteiger partial charge in [-0.25, -0.2) is 13.6 Å². The van der Waals surface area contributed by atoms with Crippen molar-refractivity contribution in [1.29, 1.82) is 0 Å². The highest BCUT2D eigenvalue weighted by Crippen LogP contribution is 2.22. The van der Waals surface area contributed by atoms with E-state index < -0.39 is 32.3 Å². The molecule has 0 aromatic heterocycles. The summed E-state index contributed by atoms with van der Waals surface area (Å²) < 4.78 is 22.1. The molecule has 21 heavy (non-hydrogen) atoms. The van der Waals surface area contributed by atoms with Crippen molar-refractivity contribution < 1.29 is 22.8 Å². The molecule has 1 fully saturated rings. The highest BCUT2D eigenvalue weighted by Gasteiger charge is 2.33. The normalized spacial score (nSPS) is 18.4. The number of benzene rings is 1. The van der Waals surface area contributed by atoms with Gasteiger partial charge in [-0.3, -0.25) is 19.7 Å². The van der Waals surface area contributed by atoms with Crippen LogP contribution in [0.1, 0.15) is 6.42 Å². The number of primary sulfonamides is 1. The maximum absolute atomic E-state index is 11.7. The first-order valence-corrected chi connectivity index (χ1v) is 8.12. The first-order valence-electron chi connectivity index (χ1n) is 5.70. The van der Waals surface area contributed by atoms with Crippen LogP contribution in [0, 0.1) is 0 Å². The molecule has 0 spiro atoms. The first kappa shape index (κ1) is 15.5. The average molecular weight is 329 g/mol. The number of nitrogens with two attached hydrogens (primary N) is 1. The molecule has 1 heterocycles. The summed E-state index contributed by atoms with van der Waals surface area (Å²) in [6.07, 6.45) is -0.154. The fourth-order valence-electron chi connectivity index (χ4n) is 1.64. The summed E-state index contributed by atoms with van der Waals surface area (Å²) in [5, 5.41) is 8.31. The van der Waals surface area contributed by atoms with E-state index in [0.717, 1.165) is 11.8 Å².